The molecule has 0 fully saturated rings. The number of nitrogens with zero attached hydrogens (tertiary/aromatic N) is 2. The van der Waals surface area contributed by atoms with Crippen LogP contribution in [0.5, 0.6) is 0 Å². The fraction of sp³-hybridized carbons (Fsp3) is 0.261. The highest BCUT2D eigenvalue weighted by Crippen LogP contribution is 2.30. The van der Waals surface area contributed by atoms with Crippen molar-refractivity contribution in [2.75, 3.05) is 12.3 Å². The van der Waals surface area contributed by atoms with Crippen LogP contribution >= 0.6 is 0 Å². The van der Waals surface area contributed by atoms with Gasteiger partial charge in [0.2, 0.25) is 10.0 Å². The maximum absolute atomic E-state index is 13.0. The molecule has 10 heteroatoms. The SMILES string of the molecule is Cc1cc(-c2cc(C(=O)NCCS(=O)(=O)NCc3ccccc3)c3c(C)noc3n2)c(C)o1. The highest BCUT2D eigenvalue weighted by Gasteiger charge is 2.21. The molecule has 0 spiro atoms. The summed E-state index contributed by atoms with van der Waals surface area (Å²) in [6.45, 7) is 5.49. The second kappa shape index (κ2) is 9.16. The molecule has 4 aromatic rings. The molecule has 1 amide bonds. The molecule has 0 radical (unpaired) electrons. The Bertz CT molecular complexity index is 1410. The molecule has 0 bridgehead atoms. The highest BCUT2D eigenvalue weighted by atomic mass is 32.2. The van der Waals surface area contributed by atoms with Gasteiger partial charge in [-0.05, 0) is 38.5 Å². The van der Waals surface area contributed by atoms with E-state index in [1.807, 2.05) is 50.2 Å². The molecule has 9 nitrogen and oxygen atoms in total. The maximum atomic E-state index is 13.0. The van der Waals surface area contributed by atoms with Crippen LogP contribution in [0.2, 0.25) is 0 Å². The molecule has 33 heavy (non-hydrogen) atoms. The second-order valence-electron chi connectivity index (χ2n) is 7.71. The number of aryl methyl sites for hydroxylation is 3. The van der Waals surface area contributed by atoms with Crippen molar-refractivity contribution in [3.8, 4) is 11.3 Å². The van der Waals surface area contributed by atoms with Crippen LogP contribution in [0.25, 0.3) is 22.4 Å². The zero-order valence-electron chi connectivity index (χ0n) is 18.5. The summed E-state index contributed by atoms with van der Waals surface area (Å²) < 4.78 is 38.1. The Balaban J connectivity index is 1.49. The summed E-state index contributed by atoms with van der Waals surface area (Å²) in [6, 6.07) is 12.7. The summed E-state index contributed by atoms with van der Waals surface area (Å²) in [4.78, 5) is 17.5. The summed E-state index contributed by atoms with van der Waals surface area (Å²) >= 11 is 0. The minimum Gasteiger partial charge on any atom is -0.466 e. The van der Waals surface area contributed by atoms with Crippen LogP contribution in [0.3, 0.4) is 0 Å². The summed E-state index contributed by atoms with van der Waals surface area (Å²) in [6.07, 6.45) is 0. The summed E-state index contributed by atoms with van der Waals surface area (Å²) in [5.41, 5.74) is 3.16. The van der Waals surface area contributed by atoms with Crippen molar-refractivity contribution in [3.05, 3.63) is 70.8 Å². The van der Waals surface area contributed by atoms with Gasteiger partial charge in [0.15, 0.2) is 0 Å². The van der Waals surface area contributed by atoms with Crippen molar-refractivity contribution in [2.45, 2.75) is 27.3 Å². The predicted molar refractivity (Wildman–Crippen MR) is 123 cm³/mol. The monoisotopic (exact) mass is 468 g/mol. The third kappa shape index (κ3) is 5.12. The molecule has 0 saturated heterocycles. The van der Waals surface area contributed by atoms with Crippen LogP contribution in [-0.2, 0) is 16.6 Å². The molecule has 0 aliphatic carbocycles. The van der Waals surface area contributed by atoms with Gasteiger partial charge in [-0.1, -0.05) is 35.5 Å². The summed E-state index contributed by atoms with van der Waals surface area (Å²) in [5.74, 6) is 0.691. The molecule has 4 rings (SSSR count). The number of amides is 1. The normalized spacial score (nSPS) is 11.7. The second-order valence-corrected chi connectivity index (χ2v) is 9.64. The molecule has 0 unspecified atom stereocenters. The van der Waals surface area contributed by atoms with Crippen molar-refractivity contribution in [1.29, 1.82) is 0 Å². The van der Waals surface area contributed by atoms with E-state index >= 15 is 0 Å². The van der Waals surface area contributed by atoms with Gasteiger partial charge in [-0.25, -0.2) is 18.1 Å². The van der Waals surface area contributed by atoms with E-state index in [2.05, 4.69) is 20.2 Å². The van der Waals surface area contributed by atoms with Crippen LogP contribution in [-0.4, -0.2) is 36.8 Å². The highest BCUT2D eigenvalue weighted by molar-refractivity contribution is 7.89. The van der Waals surface area contributed by atoms with Gasteiger partial charge in [0.1, 0.15) is 11.5 Å². The topological polar surface area (TPSA) is 127 Å². The Morgan fingerprint density at radius 2 is 1.85 bits per heavy atom. The first kappa shape index (κ1) is 22.7. The molecule has 3 aromatic heterocycles. The first-order valence-corrected chi connectivity index (χ1v) is 12.0. The largest absolute Gasteiger partial charge is 0.466 e. The van der Waals surface area contributed by atoms with Crippen molar-refractivity contribution >= 4 is 27.0 Å². The number of carbonyl (C=O) groups excluding carboxylic acids is 1. The number of fused-ring (bicyclic) bond motifs is 1. The van der Waals surface area contributed by atoms with Crippen molar-refractivity contribution in [2.24, 2.45) is 0 Å². The third-order valence-corrected chi connectivity index (χ3v) is 6.50. The van der Waals surface area contributed by atoms with Gasteiger partial charge in [-0.3, -0.25) is 4.79 Å². The maximum Gasteiger partial charge on any atom is 0.259 e. The van der Waals surface area contributed by atoms with Crippen LogP contribution in [0.15, 0.2) is 51.4 Å². The Labute approximate surface area is 191 Å². The standard InChI is InChI=1S/C23H24N4O5S/c1-14-11-18(16(3)31-14)20-12-19(21-15(2)27-32-23(21)26-20)22(28)24-9-10-33(29,30)25-13-17-7-5-4-6-8-17/h4-8,11-12,25H,9-10,13H2,1-3H3,(H,24,28). The number of hydrogen-bond acceptors (Lipinski definition) is 7. The fourth-order valence-corrected chi connectivity index (χ4v) is 4.45. The number of furan rings is 1. The zero-order chi connectivity index (χ0) is 23.6. The first-order chi connectivity index (χ1) is 15.7. The van der Waals surface area contributed by atoms with E-state index in [1.54, 1.807) is 13.0 Å². The van der Waals surface area contributed by atoms with E-state index in [9.17, 15) is 13.2 Å². The average Bonchev–Trinajstić information content (AvgIpc) is 3.33. The van der Waals surface area contributed by atoms with E-state index in [-0.39, 0.29) is 24.6 Å². The number of pyridine rings is 1. The molecule has 3 heterocycles. The minimum absolute atomic E-state index is 0.0592. The number of nitrogens with one attached hydrogen (secondary N) is 2. The molecular weight excluding hydrogens is 444 g/mol. The number of hydrogen-bond donors (Lipinski definition) is 2. The Morgan fingerprint density at radius 3 is 2.55 bits per heavy atom. The smallest absolute Gasteiger partial charge is 0.259 e. The van der Waals surface area contributed by atoms with E-state index in [0.717, 1.165) is 16.9 Å². The lowest BCUT2D eigenvalue weighted by atomic mass is 10.1. The lowest BCUT2D eigenvalue weighted by molar-refractivity contribution is 0.0957. The van der Waals surface area contributed by atoms with E-state index in [1.165, 1.54) is 0 Å². The minimum atomic E-state index is -3.57. The van der Waals surface area contributed by atoms with Crippen LogP contribution in [0, 0.1) is 20.8 Å². The van der Waals surface area contributed by atoms with Gasteiger partial charge in [0.05, 0.1) is 28.1 Å². The van der Waals surface area contributed by atoms with Crippen LogP contribution < -0.4 is 10.0 Å². The van der Waals surface area contributed by atoms with Gasteiger partial charge in [-0.2, -0.15) is 0 Å². The van der Waals surface area contributed by atoms with Gasteiger partial charge in [0, 0.05) is 18.7 Å². The van der Waals surface area contributed by atoms with Gasteiger partial charge >= 0.3 is 0 Å². The Kier molecular flexibility index (Phi) is 6.30. The number of rotatable bonds is 8. The van der Waals surface area contributed by atoms with Gasteiger partial charge in [0.25, 0.3) is 11.6 Å². The van der Waals surface area contributed by atoms with Crippen molar-refractivity contribution in [1.82, 2.24) is 20.2 Å². The van der Waals surface area contributed by atoms with Gasteiger partial charge in [-0.15, -0.1) is 0 Å². The zero-order valence-corrected chi connectivity index (χ0v) is 19.3. The molecular formula is C23H24N4O5S. The average molecular weight is 469 g/mol. The molecule has 0 aliphatic rings. The number of benzene rings is 1. The number of sulfonamides is 1. The molecule has 2 N–H and O–H groups in total. The lowest BCUT2D eigenvalue weighted by Gasteiger charge is -2.09. The van der Waals surface area contributed by atoms with Crippen LogP contribution in [0.4, 0.5) is 0 Å². The molecule has 1 aromatic carbocycles. The fourth-order valence-electron chi connectivity index (χ4n) is 3.55. The van der Waals surface area contributed by atoms with Crippen molar-refractivity contribution in [3.63, 3.8) is 0 Å². The molecule has 0 atom stereocenters. The van der Waals surface area contributed by atoms with Crippen molar-refractivity contribution < 1.29 is 22.2 Å². The van der Waals surface area contributed by atoms with Gasteiger partial charge < -0.3 is 14.3 Å². The third-order valence-electron chi connectivity index (χ3n) is 5.17. The summed E-state index contributed by atoms with van der Waals surface area (Å²) in [7, 11) is -3.57. The lowest BCUT2D eigenvalue weighted by Crippen LogP contribution is -2.34. The quantitative estimate of drug-likeness (QED) is 0.406. The van der Waals surface area contributed by atoms with E-state index in [0.29, 0.717) is 28.1 Å². The Morgan fingerprint density at radius 1 is 1.09 bits per heavy atom. The molecule has 0 aliphatic heterocycles. The predicted octanol–water partition coefficient (Wildman–Crippen LogP) is 3.26. The molecule has 172 valence electrons. The summed E-state index contributed by atoms with van der Waals surface area (Å²) in [5, 5.41) is 7.09. The van der Waals surface area contributed by atoms with Crippen LogP contribution in [0.1, 0.15) is 33.1 Å². The first-order valence-electron chi connectivity index (χ1n) is 10.4. The molecule has 0 saturated carbocycles. The van der Waals surface area contributed by atoms with E-state index < -0.39 is 15.9 Å². The number of carbonyl (C=O) groups is 1. The Hall–Kier alpha value is -3.50. The number of aromatic nitrogens is 2. The van der Waals surface area contributed by atoms with E-state index in [4.69, 9.17) is 8.94 Å².